The first-order valence-electron chi connectivity index (χ1n) is 8.13. The van der Waals surface area contributed by atoms with Crippen LogP contribution in [0.4, 0.5) is 8.78 Å². The average Bonchev–Trinajstić information content (AvgIpc) is 3.15. The summed E-state index contributed by atoms with van der Waals surface area (Å²) in [6.45, 7) is -2.73. The molecule has 1 aromatic carbocycles. The summed E-state index contributed by atoms with van der Waals surface area (Å²) < 4.78 is 33.6. The zero-order valence-corrected chi connectivity index (χ0v) is 14.1. The van der Waals surface area contributed by atoms with E-state index in [1.807, 2.05) is 0 Å². The number of nitrogens with one attached hydrogen (secondary N) is 1. The fourth-order valence-electron chi connectivity index (χ4n) is 2.30. The lowest BCUT2D eigenvalue weighted by atomic mass is 10.1. The number of carbonyl (C=O) groups is 1. The minimum atomic E-state index is -2.86. The van der Waals surface area contributed by atoms with Crippen molar-refractivity contribution in [1.82, 2.24) is 20.4 Å². The number of ether oxygens (including phenoxy) is 1. The highest BCUT2D eigenvalue weighted by molar-refractivity contribution is 5.76. The Morgan fingerprint density at radius 3 is 2.59 bits per heavy atom. The molecule has 0 spiro atoms. The van der Waals surface area contributed by atoms with Crippen LogP contribution in [0.1, 0.15) is 17.9 Å². The normalized spacial score (nSPS) is 10.8. The molecule has 9 heteroatoms. The number of benzene rings is 1. The van der Waals surface area contributed by atoms with E-state index in [1.54, 1.807) is 36.7 Å². The molecule has 0 aliphatic rings. The first-order chi connectivity index (χ1) is 13.1. The Morgan fingerprint density at radius 1 is 1.15 bits per heavy atom. The standard InChI is InChI=1S/C18H16F2N4O3/c19-18(20)26-14-4-1-12(2-5-14)3-6-15(25)22-11-16-23-17(24-27-16)13-7-9-21-10-8-13/h1-2,4-5,7-10,18H,3,6,11H2,(H,22,25). The summed E-state index contributed by atoms with van der Waals surface area (Å²) in [4.78, 5) is 20.1. The molecular weight excluding hydrogens is 358 g/mol. The van der Waals surface area contributed by atoms with Crippen molar-refractivity contribution in [2.75, 3.05) is 0 Å². The molecule has 1 amide bonds. The Hall–Kier alpha value is -3.36. The third kappa shape index (κ3) is 5.56. The van der Waals surface area contributed by atoms with Crippen molar-refractivity contribution >= 4 is 5.91 Å². The predicted octanol–water partition coefficient (Wildman–Crippen LogP) is 2.98. The van der Waals surface area contributed by atoms with E-state index in [-0.39, 0.29) is 24.6 Å². The Morgan fingerprint density at radius 2 is 1.89 bits per heavy atom. The molecule has 3 rings (SSSR count). The van der Waals surface area contributed by atoms with Crippen LogP contribution in [0.5, 0.6) is 5.75 Å². The smallest absolute Gasteiger partial charge is 0.387 e. The lowest BCUT2D eigenvalue weighted by Gasteiger charge is -2.06. The van der Waals surface area contributed by atoms with Crippen LogP contribution in [0.2, 0.25) is 0 Å². The molecule has 2 aromatic heterocycles. The Bertz CT molecular complexity index is 870. The summed E-state index contributed by atoms with van der Waals surface area (Å²) >= 11 is 0. The molecule has 0 unspecified atom stereocenters. The Balaban J connectivity index is 1.44. The minimum Gasteiger partial charge on any atom is -0.435 e. The molecule has 0 bridgehead atoms. The molecule has 0 saturated carbocycles. The van der Waals surface area contributed by atoms with Gasteiger partial charge in [-0.25, -0.2) is 0 Å². The van der Waals surface area contributed by atoms with E-state index >= 15 is 0 Å². The number of rotatable bonds is 8. The van der Waals surface area contributed by atoms with Crippen LogP contribution in [-0.2, 0) is 17.8 Å². The van der Waals surface area contributed by atoms with Crippen LogP contribution >= 0.6 is 0 Å². The van der Waals surface area contributed by atoms with Crippen molar-refractivity contribution in [3.63, 3.8) is 0 Å². The molecule has 3 aromatic rings. The highest BCUT2D eigenvalue weighted by Gasteiger charge is 2.10. The Kier molecular flexibility index (Phi) is 6.03. The zero-order chi connectivity index (χ0) is 19.1. The number of hydrogen-bond donors (Lipinski definition) is 1. The number of pyridine rings is 1. The van der Waals surface area contributed by atoms with Gasteiger partial charge in [-0.1, -0.05) is 17.3 Å². The largest absolute Gasteiger partial charge is 0.435 e. The third-order valence-electron chi connectivity index (χ3n) is 3.63. The van der Waals surface area contributed by atoms with Crippen LogP contribution in [0, 0.1) is 0 Å². The molecule has 1 N–H and O–H groups in total. The molecule has 0 radical (unpaired) electrons. The van der Waals surface area contributed by atoms with Gasteiger partial charge in [0.15, 0.2) is 0 Å². The second kappa shape index (κ2) is 8.84. The van der Waals surface area contributed by atoms with Crippen LogP contribution in [0.3, 0.4) is 0 Å². The van der Waals surface area contributed by atoms with Crippen molar-refractivity contribution in [3.8, 4) is 17.1 Å². The molecule has 0 fully saturated rings. The number of hydrogen-bond acceptors (Lipinski definition) is 6. The predicted molar refractivity (Wildman–Crippen MR) is 90.8 cm³/mol. The van der Waals surface area contributed by atoms with Crippen LogP contribution in [0.25, 0.3) is 11.4 Å². The molecule has 140 valence electrons. The summed E-state index contributed by atoms with van der Waals surface area (Å²) in [6.07, 6.45) is 3.95. The number of aromatic nitrogens is 3. The fourth-order valence-corrected chi connectivity index (χ4v) is 2.30. The van der Waals surface area contributed by atoms with Gasteiger partial charge < -0.3 is 14.6 Å². The van der Waals surface area contributed by atoms with Gasteiger partial charge in [0.05, 0.1) is 6.54 Å². The van der Waals surface area contributed by atoms with E-state index in [0.29, 0.717) is 18.1 Å². The maximum absolute atomic E-state index is 12.1. The maximum atomic E-state index is 12.1. The molecule has 27 heavy (non-hydrogen) atoms. The van der Waals surface area contributed by atoms with Gasteiger partial charge in [-0.15, -0.1) is 0 Å². The SMILES string of the molecule is O=C(CCc1ccc(OC(F)F)cc1)NCc1nc(-c2ccncc2)no1. The van der Waals surface area contributed by atoms with E-state index in [0.717, 1.165) is 11.1 Å². The number of nitrogens with zero attached hydrogens (tertiary/aromatic N) is 3. The van der Waals surface area contributed by atoms with Crippen LogP contribution in [-0.4, -0.2) is 27.6 Å². The quantitative estimate of drug-likeness (QED) is 0.652. The molecular formula is C18H16F2N4O3. The molecule has 2 heterocycles. The summed E-state index contributed by atoms with van der Waals surface area (Å²) in [5.41, 5.74) is 1.61. The fraction of sp³-hybridized carbons (Fsp3) is 0.222. The number of halogens is 2. The van der Waals surface area contributed by atoms with Gasteiger partial charge >= 0.3 is 6.61 Å². The van der Waals surface area contributed by atoms with Crippen LogP contribution < -0.4 is 10.1 Å². The molecule has 0 aliphatic carbocycles. The van der Waals surface area contributed by atoms with E-state index in [2.05, 4.69) is 25.2 Å². The first kappa shape index (κ1) is 18.4. The van der Waals surface area contributed by atoms with E-state index in [4.69, 9.17) is 4.52 Å². The molecule has 7 nitrogen and oxygen atoms in total. The number of aryl methyl sites for hydroxylation is 1. The van der Waals surface area contributed by atoms with E-state index < -0.39 is 6.61 Å². The van der Waals surface area contributed by atoms with Gasteiger partial charge in [-0.05, 0) is 36.2 Å². The highest BCUT2D eigenvalue weighted by atomic mass is 19.3. The van der Waals surface area contributed by atoms with Gasteiger partial charge in [0.1, 0.15) is 5.75 Å². The van der Waals surface area contributed by atoms with Gasteiger partial charge in [0.2, 0.25) is 17.6 Å². The highest BCUT2D eigenvalue weighted by Crippen LogP contribution is 2.16. The first-order valence-corrected chi connectivity index (χ1v) is 8.13. The topological polar surface area (TPSA) is 90.1 Å². The lowest BCUT2D eigenvalue weighted by molar-refractivity contribution is -0.121. The number of amides is 1. The summed E-state index contributed by atoms with van der Waals surface area (Å²) in [5.74, 6) is 0.614. The molecule has 0 atom stereocenters. The van der Waals surface area contributed by atoms with Crippen molar-refractivity contribution in [2.45, 2.75) is 26.0 Å². The van der Waals surface area contributed by atoms with Gasteiger partial charge in [0.25, 0.3) is 0 Å². The molecule has 0 aliphatic heterocycles. The summed E-state index contributed by atoms with van der Waals surface area (Å²) in [7, 11) is 0. The van der Waals surface area contributed by atoms with Gasteiger partial charge in [-0.2, -0.15) is 13.8 Å². The second-order valence-corrected chi connectivity index (χ2v) is 5.55. The van der Waals surface area contributed by atoms with Crippen LogP contribution in [0.15, 0.2) is 53.3 Å². The minimum absolute atomic E-state index is 0.0830. The average molecular weight is 374 g/mol. The van der Waals surface area contributed by atoms with Gasteiger partial charge in [-0.3, -0.25) is 9.78 Å². The Labute approximate surface area is 153 Å². The summed E-state index contributed by atoms with van der Waals surface area (Å²) in [6, 6.07) is 9.68. The third-order valence-corrected chi connectivity index (χ3v) is 3.63. The summed E-state index contributed by atoms with van der Waals surface area (Å²) in [5, 5.41) is 6.56. The number of alkyl halides is 2. The second-order valence-electron chi connectivity index (χ2n) is 5.55. The van der Waals surface area contributed by atoms with Crippen molar-refractivity contribution < 1.29 is 22.8 Å². The van der Waals surface area contributed by atoms with Crippen molar-refractivity contribution in [2.24, 2.45) is 0 Å². The van der Waals surface area contributed by atoms with Crippen molar-refractivity contribution in [1.29, 1.82) is 0 Å². The maximum Gasteiger partial charge on any atom is 0.387 e. The molecule has 0 saturated heterocycles. The van der Waals surface area contributed by atoms with Gasteiger partial charge in [0, 0.05) is 24.4 Å². The monoisotopic (exact) mass is 374 g/mol. The van der Waals surface area contributed by atoms with E-state index in [1.165, 1.54) is 12.1 Å². The van der Waals surface area contributed by atoms with Crippen molar-refractivity contribution in [3.05, 3.63) is 60.2 Å². The van der Waals surface area contributed by atoms with E-state index in [9.17, 15) is 13.6 Å². The number of carbonyl (C=O) groups excluding carboxylic acids is 1. The lowest BCUT2D eigenvalue weighted by Crippen LogP contribution is -2.23. The zero-order valence-electron chi connectivity index (χ0n) is 14.1.